The fourth-order valence-electron chi connectivity index (χ4n) is 3.07. The van der Waals surface area contributed by atoms with Crippen LogP contribution in [-0.2, 0) is 23.8 Å². The van der Waals surface area contributed by atoms with E-state index in [4.69, 9.17) is 19.4 Å². The molecule has 0 spiro atoms. The van der Waals surface area contributed by atoms with E-state index in [1.54, 1.807) is 0 Å². The molecule has 1 saturated heterocycles. The van der Waals surface area contributed by atoms with E-state index in [2.05, 4.69) is 0 Å². The van der Waals surface area contributed by atoms with Crippen molar-refractivity contribution in [1.82, 2.24) is 5.48 Å². The van der Waals surface area contributed by atoms with Crippen molar-refractivity contribution in [2.45, 2.75) is 84.3 Å². The number of ether oxygens (including phenoxy) is 3. The van der Waals surface area contributed by atoms with Crippen LogP contribution in [0.3, 0.4) is 0 Å². The average Bonchev–Trinajstić information content (AvgIpc) is 2.63. The molecule has 3 N–H and O–H groups in total. The minimum absolute atomic E-state index is 0.0500. The quantitative estimate of drug-likeness (QED) is 0.391. The summed E-state index contributed by atoms with van der Waals surface area (Å²) in [5.74, 6) is -1.23. The smallest absolute Gasteiger partial charge is 0.309 e. The van der Waals surface area contributed by atoms with E-state index in [1.807, 2.05) is 33.2 Å². The Labute approximate surface area is 155 Å². The molecule has 0 bridgehead atoms. The number of hydroxylamine groups is 1. The number of carbonyl (C=O) groups excluding carboxylic acids is 2. The number of rotatable bonds is 10. The molecule has 1 heterocycles. The van der Waals surface area contributed by atoms with Crippen LogP contribution in [0.1, 0.15) is 59.8 Å². The molecular weight excluding hydrogens is 342 g/mol. The first-order chi connectivity index (χ1) is 12.4. The van der Waals surface area contributed by atoms with Crippen LogP contribution in [0.25, 0.3) is 0 Å². The van der Waals surface area contributed by atoms with Gasteiger partial charge in [-0.3, -0.25) is 9.59 Å². The Balaban J connectivity index is 2.79. The molecule has 8 nitrogen and oxygen atoms in total. The molecule has 26 heavy (non-hydrogen) atoms. The summed E-state index contributed by atoms with van der Waals surface area (Å²) >= 11 is 0. The summed E-state index contributed by atoms with van der Waals surface area (Å²) in [4.78, 5) is 24.4. The van der Waals surface area contributed by atoms with Crippen LogP contribution < -0.4 is 5.48 Å². The first kappa shape index (κ1) is 22.8. The maximum absolute atomic E-state index is 12.3. The largest absolute Gasteiger partial charge is 0.463 e. The summed E-state index contributed by atoms with van der Waals surface area (Å²) in [5, 5.41) is 19.4. The zero-order chi connectivity index (χ0) is 19.7. The number of aliphatic hydroxyl groups excluding tert-OH is 1. The first-order valence-electron chi connectivity index (χ1n) is 9.51. The molecule has 0 aromatic carbocycles. The van der Waals surface area contributed by atoms with Crippen LogP contribution in [0.5, 0.6) is 0 Å². The lowest BCUT2D eigenvalue weighted by molar-refractivity contribution is -0.227. The van der Waals surface area contributed by atoms with Crippen LogP contribution in [0.4, 0.5) is 0 Å². The molecule has 0 amide bonds. The second-order valence-electron chi connectivity index (χ2n) is 6.65. The highest BCUT2D eigenvalue weighted by molar-refractivity contribution is 5.73. The van der Waals surface area contributed by atoms with Crippen molar-refractivity contribution < 1.29 is 34.1 Å². The predicted molar refractivity (Wildman–Crippen MR) is 93.2 cm³/mol. The van der Waals surface area contributed by atoms with Crippen molar-refractivity contribution in [3.05, 3.63) is 0 Å². The zero-order valence-electron chi connectivity index (χ0n) is 16.1. The fraction of sp³-hybridized carbons (Fsp3) is 0.889. The second kappa shape index (κ2) is 11.5. The van der Waals surface area contributed by atoms with Crippen LogP contribution in [0.15, 0.2) is 0 Å². The van der Waals surface area contributed by atoms with Gasteiger partial charge in [-0.25, -0.2) is 0 Å². The van der Waals surface area contributed by atoms with Gasteiger partial charge in [-0.15, -0.1) is 0 Å². The minimum atomic E-state index is -1.04. The zero-order valence-corrected chi connectivity index (χ0v) is 16.1. The van der Waals surface area contributed by atoms with Crippen LogP contribution in [0.2, 0.25) is 0 Å². The van der Waals surface area contributed by atoms with Crippen LogP contribution in [0, 0.1) is 11.8 Å². The van der Waals surface area contributed by atoms with Crippen molar-refractivity contribution in [3.63, 3.8) is 0 Å². The third kappa shape index (κ3) is 6.19. The molecular formula is C18H33NO7. The van der Waals surface area contributed by atoms with Crippen molar-refractivity contribution in [2.75, 3.05) is 6.61 Å². The van der Waals surface area contributed by atoms with Gasteiger partial charge < -0.3 is 24.5 Å². The Morgan fingerprint density at radius 3 is 2.12 bits per heavy atom. The van der Waals surface area contributed by atoms with Crippen LogP contribution in [-0.4, -0.2) is 53.4 Å². The molecule has 0 aromatic heterocycles. The van der Waals surface area contributed by atoms with Gasteiger partial charge >= 0.3 is 11.9 Å². The molecule has 0 aliphatic carbocycles. The van der Waals surface area contributed by atoms with Crippen LogP contribution >= 0.6 is 0 Å². The highest BCUT2D eigenvalue weighted by atomic mass is 16.6. The maximum Gasteiger partial charge on any atom is 0.309 e. The van der Waals surface area contributed by atoms with Gasteiger partial charge in [0.05, 0.1) is 17.9 Å². The van der Waals surface area contributed by atoms with E-state index in [0.717, 1.165) is 0 Å². The summed E-state index contributed by atoms with van der Waals surface area (Å²) in [5.41, 5.74) is 1.95. The Kier molecular flexibility index (Phi) is 10.1. The van der Waals surface area contributed by atoms with E-state index in [0.29, 0.717) is 25.7 Å². The molecule has 4 atom stereocenters. The normalized spacial score (nSPS) is 26.2. The highest BCUT2D eigenvalue weighted by Crippen LogP contribution is 2.24. The van der Waals surface area contributed by atoms with Gasteiger partial charge in [0.25, 0.3) is 0 Å². The summed E-state index contributed by atoms with van der Waals surface area (Å²) < 4.78 is 16.4. The SMILES string of the molecule is CCC(CC)C(=O)OCC1OC(NO)CC(O)C1OC(=O)C(CC)CC. The fourth-order valence-corrected chi connectivity index (χ4v) is 3.07. The molecule has 4 unspecified atom stereocenters. The molecule has 1 rings (SSSR count). The predicted octanol–water partition coefficient (Wildman–Crippen LogP) is 1.77. The van der Waals surface area contributed by atoms with Crippen molar-refractivity contribution in [3.8, 4) is 0 Å². The number of hydrogen-bond donors (Lipinski definition) is 3. The lowest BCUT2D eigenvalue weighted by atomic mass is 9.99. The lowest BCUT2D eigenvalue weighted by Gasteiger charge is -2.38. The molecule has 1 aliphatic rings. The van der Waals surface area contributed by atoms with Gasteiger partial charge in [0.15, 0.2) is 6.10 Å². The second-order valence-corrected chi connectivity index (χ2v) is 6.65. The molecule has 1 fully saturated rings. The lowest BCUT2D eigenvalue weighted by Crippen LogP contribution is -2.55. The van der Waals surface area contributed by atoms with Gasteiger partial charge in [0.1, 0.15) is 18.9 Å². The summed E-state index contributed by atoms with van der Waals surface area (Å²) in [7, 11) is 0. The topological polar surface area (TPSA) is 114 Å². The van der Waals surface area contributed by atoms with E-state index in [9.17, 15) is 14.7 Å². The van der Waals surface area contributed by atoms with Crippen molar-refractivity contribution in [1.29, 1.82) is 0 Å². The van der Waals surface area contributed by atoms with Crippen molar-refractivity contribution >= 4 is 11.9 Å². The summed E-state index contributed by atoms with van der Waals surface area (Å²) in [6, 6.07) is 0. The molecule has 1 aliphatic heterocycles. The van der Waals surface area contributed by atoms with Gasteiger partial charge in [0.2, 0.25) is 0 Å². The van der Waals surface area contributed by atoms with E-state index < -0.39 is 30.5 Å². The highest BCUT2D eigenvalue weighted by Gasteiger charge is 2.42. The molecule has 0 radical (unpaired) electrons. The number of hydrogen-bond acceptors (Lipinski definition) is 8. The average molecular weight is 375 g/mol. The maximum atomic E-state index is 12.3. The number of aliphatic hydroxyl groups is 1. The third-order valence-electron chi connectivity index (χ3n) is 4.96. The molecule has 152 valence electrons. The Bertz CT molecular complexity index is 437. The standard InChI is InChI=1S/C18H33NO7/c1-5-11(6-2)17(21)24-10-14-16(13(20)9-15(19-23)25-14)26-18(22)12(7-3)8-4/h11-16,19-20,23H,5-10H2,1-4H3. The summed E-state index contributed by atoms with van der Waals surface area (Å²) in [6.07, 6.45) is -1.04. The van der Waals surface area contributed by atoms with E-state index in [1.165, 1.54) is 0 Å². The van der Waals surface area contributed by atoms with Crippen molar-refractivity contribution in [2.24, 2.45) is 11.8 Å². The number of carbonyl (C=O) groups is 2. The van der Waals surface area contributed by atoms with E-state index in [-0.39, 0.29) is 30.8 Å². The Morgan fingerprint density at radius 2 is 1.62 bits per heavy atom. The van der Waals surface area contributed by atoms with E-state index >= 15 is 0 Å². The first-order valence-corrected chi connectivity index (χ1v) is 9.51. The molecule has 0 saturated carbocycles. The summed E-state index contributed by atoms with van der Waals surface area (Å²) in [6.45, 7) is 7.43. The van der Waals surface area contributed by atoms with Gasteiger partial charge in [-0.2, -0.15) is 5.48 Å². The van der Waals surface area contributed by atoms with Gasteiger partial charge in [-0.05, 0) is 25.7 Å². The Morgan fingerprint density at radius 1 is 1.08 bits per heavy atom. The third-order valence-corrected chi connectivity index (χ3v) is 4.96. The molecule has 0 aromatic rings. The minimum Gasteiger partial charge on any atom is -0.463 e. The monoisotopic (exact) mass is 375 g/mol. The molecule has 8 heteroatoms. The van der Waals surface area contributed by atoms with Gasteiger partial charge in [0, 0.05) is 6.42 Å². The number of nitrogens with one attached hydrogen (secondary N) is 1. The Hall–Kier alpha value is -1.22. The number of esters is 2. The van der Waals surface area contributed by atoms with Gasteiger partial charge in [-0.1, -0.05) is 27.7 Å².